The summed E-state index contributed by atoms with van der Waals surface area (Å²) in [4.78, 5) is 4.94. The molecule has 0 fully saturated rings. The Labute approximate surface area is 56.9 Å². The first-order valence-electron chi connectivity index (χ1n) is 3.15. The van der Waals surface area contributed by atoms with E-state index in [-0.39, 0.29) is 6.10 Å². The zero-order chi connectivity index (χ0) is 7.28. The van der Waals surface area contributed by atoms with E-state index in [2.05, 4.69) is 12.1 Å². The second-order valence-corrected chi connectivity index (χ2v) is 2.23. The summed E-state index contributed by atoms with van der Waals surface area (Å²) in [6.07, 6.45) is 0.888. The molecule has 0 aliphatic rings. The van der Waals surface area contributed by atoms with Gasteiger partial charge in [-0.1, -0.05) is 5.16 Å². The molecule has 0 aliphatic carbocycles. The molecule has 0 aliphatic heterocycles. The van der Waals surface area contributed by atoms with E-state index in [9.17, 15) is 0 Å². The topological polar surface area (TPSA) is 21.6 Å². The van der Waals surface area contributed by atoms with Gasteiger partial charge in [-0.3, -0.25) is 0 Å². The summed E-state index contributed by atoms with van der Waals surface area (Å²) < 4.78 is 0. The minimum atomic E-state index is 0.173. The standard InChI is InChI=1S/C7H14NO/c1-5-7(4)8-9-6(2)3/h6H,1,5H2,2-4H3. The molecule has 0 N–H and O–H groups in total. The fraction of sp³-hybridized carbons (Fsp3) is 0.714. The third kappa shape index (κ3) is 5.34. The molecule has 0 heterocycles. The number of hydrogen-bond donors (Lipinski definition) is 0. The molecule has 0 aromatic heterocycles. The van der Waals surface area contributed by atoms with Gasteiger partial charge < -0.3 is 4.84 Å². The molecule has 0 aromatic carbocycles. The number of rotatable bonds is 3. The fourth-order valence-corrected chi connectivity index (χ4v) is 0.241. The van der Waals surface area contributed by atoms with Gasteiger partial charge in [0.2, 0.25) is 0 Å². The molecule has 0 atom stereocenters. The molecule has 9 heavy (non-hydrogen) atoms. The van der Waals surface area contributed by atoms with Gasteiger partial charge in [0.25, 0.3) is 0 Å². The highest BCUT2D eigenvalue weighted by atomic mass is 16.6. The van der Waals surface area contributed by atoms with Gasteiger partial charge in [0.1, 0.15) is 6.10 Å². The zero-order valence-electron chi connectivity index (χ0n) is 6.35. The lowest BCUT2D eigenvalue weighted by molar-refractivity contribution is 0.0855. The molecule has 53 valence electrons. The van der Waals surface area contributed by atoms with Crippen LogP contribution in [0.5, 0.6) is 0 Å². The van der Waals surface area contributed by atoms with Gasteiger partial charge in [-0.15, -0.1) is 0 Å². The van der Waals surface area contributed by atoms with Gasteiger partial charge >= 0.3 is 0 Å². The molecule has 1 radical (unpaired) electrons. The van der Waals surface area contributed by atoms with Gasteiger partial charge in [0, 0.05) is 0 Å². The Morgan fingerprint density at radius 1 is 1.67 bits per heavy atom. The second-order valence-electron chi connectivity index (χ2n) is 2.23. The van der Waals surface area contributed by atoms with Crippen LogP contribution < -0.4 is 0 Å². The van der Waals surface area contributed by atoms with E-state index in [0.29, 0.717) is 6.42 Å². The maximum absolute atomic E-state index is 4.94. The maximum atomic E-state index is 4.94. The van der Waals surface area contributed by atoms with Crippen molar-refractivity contribution in [2.24, 2.45) is 5.16 Å². The Kier molecular flexibility index (Phi) is 4.10. The third-order valence-corrected chi connectivity index (χ3v) is 0.781. The van der Waals surface area contributed by atoms with Crippen LogP contribution in [0, 0.1) is 6.92 Å². The van der Waals surface area contributed by atoms with Crippen molar-refractivity contribution in [1.29, 1.82) is 0 Å². The van der Waals surface area contributed by atoms with Crippen molar-refractivity contribution < 1.29 is 4.84 Å². The molecule has 2 heteroatoms. The maximum Gasteiger partial charge on any atom is 0.122 e. The van der Waals surface area contributed by atoms with Crippen LogP contribution in [0.2, 0.25) is 0 Å². The lowest BCUT2D eigenvalue weighted by Gasteiger charge is -2.01. The molecule has 0 aromatic rings. The Bertz CT molecular complexity index is 97.1. The van der Waals surface area contributed by atoms with E-state index in [0.717, 1.165) is 5.71 Å². The van der Waals surface area contributed by atoms with Crippen LogP contribution >= 0.6 is 0 Å². The summed E-state index contributed by atoms with van der Waals surface area (Å²) in [6, 6.07) is 0. The van der Waals surface area contributed by atoms with Crippen LogP contribution in [0.25, 0.3) is 0 Å². The van der Waals surface area contributed by atoms with Crippen molar-refractivity contribution in [3.8, 4) is 0 Å². The Morgan fingerprint density at radius 2 is 2.22 bits per heavy atom. The van der Waals surface area contributed by atoms with Crippen molar-refractivity contribution in [2.75, 3.05) is 0 Å². The fourth-order valence-electron chi connectivity index (χ4n) is 0.241. The average Bonchev–Trinajstić information content (AvgIpc) is 1.83. The van der Waals surface area contributed by atoms with Crippen LogP contribution in [-0.4, -0.2) is 11.8 Å². The Morgan fingerprint density at radius 3 is 2.56 bits per heavy atom. The van der Waals surface area contributed by atoms with Crippen LogP contribution in [0.4, 0.5) is 0 Å². The molecule has 0 saturated heterocycles. The molecule has 0 rings (SSSR count). The first kappa shape index (κ1) is 8.47. The number of oxime groups is 1. The second kappa shape index (κ2) is 4.36. The van der Waals surface area contributed by atoms with E-state index in [1.54, 1.807) is 0 Å². The zero-order valence-corrected chi connectivity index (χ0v) is 6.35. The lowest BCUT2D eigenvalue weighted by Crippen LogP contribution is -1.98. The van der Waals surface area contributed by atoms with E-state index in [4.69, 9.17) is 4.84 Å². The predicted molar refractivity (Wildman–Crippen MR) is 39.3 cm³/mol. The molecule has 0 amide bonds. The smallest absolute Gasteiger partial charge is 0.122 e. The van der Waals surface area contributed by atoms with Crippen LogP contribution in [0.15, 0.2) is 5.16 Å². The monoisotopic (exact) mass is 128 g/mol. The minimum absolute atomic E-state index is 0.173. The van der Waals surface area contributed by atoms with Crippen molar-refractivity contribution in [3.05, 3.63) is 6.92 Å². The Hall–Kier alpha value is -0.530. The summed E-state index contributed by atoms with van der Waals surface area (Å²) in [5.74, 6) is 0. The average molecular weight is 128 g/mol. The summed E-state index contributed by atoms with van der Waals surface area (Å²) in [7, 11) is 0. The van der Waals surface area contributed by atoms with Gasteiger partial charge in [0.05, 0.1) is 5.71 Å². The highest BCUT2D eigenvalue weighted by molar-refractivity contribution is 5.81. The van der Waals surface area contributed by atoms with Crippen LogP contribution in [-0.2, 0) is 4.84 Å². The quantitative estimate of drug-likeness (QED) is 0.421. The summed E-state index contributed by atoms with van der Waals surface area (Å²) in [5, 5.41) is 3.80. The summed E-state index contributed by atoms with van der Waals surface area (Å²) in [6.45, 7) is 9.44. The minimum Gasteiger partial charge on any atom is -0.393 e. The molecule has 0 bridgehead atoms. The van der Waals surface area contributed by atoms with Crippen molar-refractivity contribution in [1.82, 2.24) is 0 Å². The van der Waals surface area contributed by atoms with E-state index in [1.807, 2.05) is 20.8 Å². The normalized spacial score (nSPS) is 12.3. The van der Waals surface area contributed by atoms with Crippen LogP contribution in [0.1, 0.15) is 27.2 Å². The molecule has 0 saturated carbocycles. The predicted octanol–water partition coefficient (Wildman–Crippen LogP) is 2.01. The highest BCUT2D eigenvalue weighted by Crippen LogP contribution is 1.90. The number of nitrogens with zero attached hydrogens (tertiary/aromatic N) is 1. The van der Waals surface area contributed by atoms with Gasteiger partial charge in [0.15, 0.2) is 0 Å². The molecular weight excluding hydrogens is 114 g/mol. The first-order valence-corrected chi connectivity index (χ1v) is 3.15. The number of hydrogen-bond acceptors (Lipinski definition) is 2. The van der Waals surface area contributed by atoms with Gasteiger partial charge in [-0.2, -0.15) is 0 Å². The van der Waals surface area contributed by atoms with Gasteiger partial charge in [-0.25, -0.2) is 0 Å². The first-order chi connectivity index (χ1) is 4.16. The van der Waals surface area contributed by atoms with E-state index in [1.165, 1.54) is 0 Å². The largest absolute Gasteiger partial charge is 0.393 e. The highest BCUT2D eigenvalue weighted by Gasteiger charge is 1.89. The SMILES string of the molecule is [CH2]CC(C)=NOC(C)C. The lowest BCUT2D eigenvalue weighted by atomic mass is 10.3. The summed E-state index contributed by atoms with van der Waals surface area (Å²) in [5.41, 5.74) is 0.934. The van der Waals surface area contributed by atoms with E-state index < -0.39 is 0 Å². The van der Waals surface area contributed by atoms with Crippen molar-refractivity contribution in [2.45, 2.75) is 33.3 Å². The Balaban J connectivity index is 3.43. The van der Waals surface area contributed by atoms with Crippen molar-refractivity contribution in [3.63, 3.8) is 0 Å². The van der Waals surface area contributed by atoms with Gasteiger partial charge in [-0.05, 0) is 34.1 Å². The summed E-state index contributed by atoms with van der Waals surface area (Å²) >= 11 is 0. The van der Waals surface area contributed by atoms with Crippen molar-refractivity contribution >= 4 is 5.71 Å². The van der Waals surface area contributed by atoms with E-state index >= 15 is 0 Å². The molecule has 0 unspecified atom stereocenters. The molecule has 2 nitrogen and oxygen atoms in total. The third-order valence-electron chi connectivity index (χ3n) is 0.781. The molecular formula is C7H14NO. The van der Waals surface area contributed by atoms with Crippen LogP contribution in [0.3, 0.4) is 0 Å². The molecule has 0 spiro atoms.